The van der Waals surface area contributed by atoms with Crippen LogP contribution in [0.15, 0.2) is 53.5 Å². The van der Waals surface area contributed by atoms with Crippen LogP contribution in [-0.2, 0) is 0 Å². The van der Waals surface area contributed by atoms with Crippen LogP contribution in [-0.4, -0.2) is 45.5 Å². The molecule has 3 N–H and O–H groups in total. The van der Waals surface area contributed by atoms with Crippen molar-refractivity contribution < 1.29 is 5.11 Å². The average molecular weight is 418 g/mol. The van der Waals surface area contributed by atoms with Gasteiger partial charge >= 0.3 is 0 Å². The van der Waals surface area contributed by atoms with Crippen LogP contribution in [0.1, 0.15) is 32.1 Å². The molecule has 2 fully saturated rings. The Balaban J connectivity index is 1.34. The SMILES string of the molecule is CN(c1ccc(-c2ccc(-c3cc[nH]c(=O)c3)cc2O)nn1)C1CC2CCCC(C1)N2. The van der Waals surface area contributed by atoms with Crippen molar-refractivity contribution >= 4 is 5.82 Å². The van der Waals surface area contributed by atoms with Crippen LogP contribution in [0, 0.1) is 0 Å². The molecule has 0 radical (unpaired) electrons. The summed E-state index contributed by atoms with van der Waals surface area (Å²) >= 11 is 0. The van der Waals surface area contributed by atoms with E-state index in [9.17, 15) is 9.90 Å². The number of nitrogens with zero attached hydrogens (tertiary/aromatic N) is 3. The minimum absolute atomic E-state index is 0.111. The van der Waals surface area contributed by atoms with Crippen molar-refractivity contribution in [1.29, 1.82) is 0 Å². The van der Waals surface area contributed by atoms with E-state index >= 15 is 0 Å². The number of nitrogens with one attached hydrogen (secondary N) is 2. The first kappa shape index (κ1) is 19.8. The maximum atomic E-state index is 11.6. The number of aromatic nitrogens is 3. The van der Waals surface area contributed by atoms with E-state index in [4.69, 9.17) is 0 Å². The molecule has 0 aliphatic carbocycles. The quantitative estimate of drug-likeness (QED) is 0.603. The summed E-state index contributed by atoms with van der Waals surface area (Å²) in [4.78, 5) is 16.4. The van der Waals surface area contributed by atoms with E-state index in [0.717, 1.165) is 29.8 Å². The van der Waals surface area contributed by atoms with Gasteiger partial charge in [0.15, 0.2) is 5.82 Å². The number of benzene rings is 1. The maximum Gasteiger partial charge on any atom is 0.248 e. The largest absolute Gasteiger partial charge is 0.507 e. The Bertz CT molecular complexity index is 1120. The molecular weight excluding hydrogens is 390 g/mol. The molecule has 2 bridgehead atoms. The molecule has 2 atom stereocenters. The van der Waals surface area contributed by atoms with Gasteiger partial charge in [-0.05, 0) is 67.1 Å². The van der Waals surface area contributed by atoms with Crippen molar-refractivity contribution in [3.8, 4) is 28.1 Å². The lowest BCUT2D eigenvalue weighted by Crippen LogP contribution is -2.54. The zero-order valence-electron chi connectivity index (χ0n) is 17.6. The third-order valence-corrected chi connectivity index (χ3v) is 6.63. The Kier molecular flexibility index (Phi) is 5.19. The topological polar surface area (TPSA) is 94.1 Å². The zero-order valence-corrected chi connectivity index (χ0v) is 17.6. The number of hydrogen-bond acceptors (Lipinski definition) is 6. The van der Waals surface area contributed by atoms with Crippen LogP contribution < -0.4 is 15.8 Å². The number of aromatic hydroxyl groups is 1. The fourth-order valence-corrected chi connectivity index (χ4v) is 4.95. The first-order chi connectivity index (χ1) is 15.1. The Morgan fingerprint density at radius 1 is 1.00 bits per heavy atom. The van der Waals surface area contributed by atoms with E-state index < -0.39 is 0 Å². The molecule has 4 heterocycles. The Hall–Kier alpha value is -3.19. The van der Waals surface area contributed by atoms with Gasteiger partial charge in [0.2, 0.25) is 5.56 Å². The third-order valence-electron chi connectivity index (χ3n) is 6.63. The normalized spacial score (nSPS) is 22.8. The maximum absolute atomic E-state index is 11.6. The van der Waals surface area contributed by atoms with Crippen molar-refractivity contribution in [2.24, 2.45) is 0 Å². The molecule has 3 aromatic rings. The number of phenolic OH excluding ortho intramolecular Hbond substituents is 1. The molecule has 1 aromatic carbocycles. The lowest BCUT2D eigenvalue weighted by molar-refractivity contribution is 0.219. The number of fused-ring (bicyclic) bond motifs is 2. The van der Waals surface area contributed by atoms with Crippen LogP contribution in [0.2, 0.25) is 0 Å². The van der Waals surface area contributed by atoms with Gasteiger partial charge in [-0.1, -0.05) is 12.5 Å². The highest BCUT2D eigenvalue weighted by molar-refractivity contribution is 5.74. The Labute approximate surface area is 181 Å². The van der Waals surface area contributed by atoms with Gasteiger partial charge in [-0.15, -0.1) is 10.2 Å². The minimum Gasteiger partial charge on any atom is -0.507 e. The lowest BCUT2D eigenvalue weighted by atomic mass is 9.83. The molecule has 2 unspecified atom stereocenters. The van der Waals surface area contributed by atoms with Gasteiger partial charge in [0.25, 0.3) is 0 Å². The average Bonchev–Trinajstić information content (AvgIpc) is 2.78. The van der Waals surface area contributed by atoms with Crippen molar-refractivity contribution in [1.82, 2.24) is 20.5 Å². The van der Waals surface area contributed by atoms with Gasteiger partial charge in [0.05, 0.1) is 5.69 Å². The number of phenols is 1. The van der Waals surface area contributed by atoms with Crippen LogP contribution in [0.3, 0.4) is 0 Å². The molecule has 7 heteroatoms. The molecule has 2 aliphatic heterocycles. The van der Waals surface area contributed by atoms with Gasteiger partial charge in [-0.25, -0.2) is 0 Å². The second-order valence-electron chi connectivity index (χ2n) is 8.68. The molecule has 2 aliphatic rings. The van der Waals surface area contributed by atoms with Crippen LogP contribution in [0.4, 0.5) is 5.82 Å². The predicted octanol–water partition coefficient (Wildman–Crippen LogP) is 3.31. The molecule has 0 saturated carbocycles. The summed E-state index contributed by atoms with van der Waals surface area (Å²) in [6.45, 7) is 0. The highest BCUT2D eigenvalue weighted by Gasteiger charge is 2.33. The summed E-state index contributed by atoms with van der Waals surface area (Å²) < 4.78 is 0. The van der Waals surface area contributed by atoms with E-state index in [0.29, 0.717) is 29.4 Å². The first-order valence-electron chi connectivity index (χ1n) is 10.9. The Morgan fingerprint density at radius 2 is 1.77 bits per heavy atom. The van der Waals surface area contributed by atoms with Crippen LogP contribution in [0.25, 0.3) is 22.4 Å². The number of aromatic amines is 1. The van der Waals surface area contributed by atoms with Gasteiger partial charge < -0.3 is 20.3 Å². The van der Waals surface area contributed by atoms with Crippen molar-refractivity contribution in [2.45, 2.75) is 50.2 Å². The van der Waals surface area contributed by atoms with Gasteiger partial charge in [-0.3, -0.25) is 4.79 Å². The van der Waals surface area contributed by atoms with Crippen molar-refractivity contribution in [3.63, 3.8) is 0 Å². The molecule has 160 valence electrons. The lowest BCUT2D eigenvalue weighted by Gasteiger charge is -2.43. The van der Waals surface area contributed by atoms with Crippen molar-refractivity contribution in [2.75, 3.05) is 11.9 Å². The predicted molar refractivity (Wildman–Crippen MR) is 121 cm³/mol. The molecule has 2 saturated heterocycles. The standard InChI is InChI=1S/C24H27N5O2/c1-29(19-13-17-3-2-4-18(14-19)26-17)23-8-7-21(27-28-23)20-6-5-15(11-22(20)30)16-9-10-25-24(31)12-16/h5-12,17-19,26,30H,2-4,13-14H2,1H3,(H,25,31). The number of rotatable bonds is 4. The first-order valence-corrected chi connectivity index (χ1v) is 10.9. The summed E-state index contributed by atoms with van der Waals surface area (Å²) in [5.41, 5.74) is 2.58. The van der Waals surface area contributed by atoms with E-state index in [1.54, 1.807) is 18.3 Å². The number of pyridine rings is 1. The summed E-state index contributed by atoms with van der Waals surface area (Å²) in [6, 6.07) is 14.2. The van der Waals surface area contributed by atoms with Gasteiger partial charge in [0, 0.05) is 43.0 Å². The number of anilines is 1. The second kappa shape index (κ2) is 8.15. The molecule has 7 nitrogen and oxygen atoms in total. The molecular formula is C24H27N5O2. The third kappa shape index (κ3) is 4.05. The van der Waals surface area contributed by atoms with E-state index in [1.807, 2.05) is 24.3 Å². The number of piperidine rings is 2. The summed E-state index contributed by atoms with van der Waals surface area (Å²) in [7, 11) is 2.10. The summed E-state index contributed by atoms with van der Waals surface area (Å²) in [5.74, 6) is 0.965. The fourth-order valence-electron chi connectivity index (χ4n) is 4.95. The van der Waals surface area contributed by atoms with Crippen LogP contribution >= 0.6 is 0 Å². The van der Waals surface area contributed by atoms with Crippen molar-refractivity contribution in [3.05, 3.63) is 59.0 Å². The number of H-pyrrole nitrogens is 1. The van der Waals surface area contributed by atoms with E-state index in [1.165, 1.54) is 25.3 Å². The second-order valence-corrected chi connectivity index (χ2v) is 8.68. The van der Waals surface area contributed by atoms with Crippen LogP contribution in [0.5, 0.6) is 5.75 Å². The Morgan fingerprint density at radius 3 is 2.45 bits per heavy atom. The smallest absolute Gasteiger partial charge is 0.248 e. The minimum atomic E-state index is -0.177. The zero-order chi connectivity index (χ0) is 21.4. The van der Waals surface area contributed by atoms with E-state index in [2.05, 4.69) is 32.4 Å². The highest BCUT2D eigenvalue weighted by Crippen LogP contribution is 2.33. The van der Waals surface area contributed by atoms with Gasteiger partial charge in [0.1, 0.15) is 5.75 Å². The monoisotopic (exact) mass is 417 g/mol. The molecule has 0 spiro atoms. The summed E-state index contributed by atoms with van der Waals surface area (Å²) in [6.07, 6.45) is 7.73. The molecule has 5 rings (SSSR count). The molecule has 2 aromatic heterocycles. The van der Waals surface area contributed by atoms with Gasteiger partial charge in [-0.2, -0.15) is 0 Å². The molecule has 31 heavy (non-hydrogen) atoms. The molecule has 0 amide bonds. The number of hydrogen-bond donors (Lipinski definition) is 3. The van der Waals surface area contributed by atoms with E-state index in [-0.39, 0.29) is 11.3 Å². The highest BCUT2D eigenvalue weighted by atomic mass is 16.3. The summed E-state index contributed by atoms with van der Waals surface area (Å²) in [5, 5.41) is 23.2. The fraction of sp³-hybridized carbons (Fsp3) is 0.375.